The second kappa shape index (κ2) is 7.23. The highest BCUT2D eigenvalue weighted by Crippen LogP contribution is 2.27. The van der Waals surface area contributed by atoms with Gasteiger partial charge in [-0.3, -0.25) is 14.4 Å². The molecule has 1 aliphatic rings. The fourth-order valence-corrected chi connectivity index (χ4v) is 1.82. The molecule has 1 aromatic carbocycles. The molecule has 0 aliphatic heterocycles. The van der Waals surface area contributed by atoms with Gasteiger partial charge in [0.15, 0.2) is 0 Å². The maximum absolute atomic E-state index is 11.2. The van der Waals surface area contributed by atoms with Crippen molar-refractivity contribution >= 4 is 17.5 Å². The number of Topliss-reactive ketones (excluding diaryl/α,β-unsaturated/α-hetero) is 2. The molecular formula is C14H18N2O6. The molecule has 2 rings (SSSR count). The van der Waals surface area contributed by atoms with Crippen molar-refractivity contribution in [1.29, 1.82) is 0 Å². The average molecular weight is 310 g/mol. The molecule has 0 heterocycles. The molecule has 0 saturated carbocycles. The van der Waals surface area contributed by atoms with Crippen molar-refractivity contribution in [3.63, 3.8) is 0 Å². The van der Waals surface area contributed by atoms with Crippen LogP contribution >= 0.6 is 0 Å². The molecule has 0 saturated heterocycles. The van der Waals surface area contributed by atoms with Crippen LogP contribution in [0.25, 0.3) is 0 Å². The quantitative estimate of drug-likeness (QED) is 0.345. The minimum Gasteiger partial charge on any atom is -0.480 e. The van der Waals surface area contributed by atoms with Gasteiger partial charge in [-0.25, -0.2) is 0 Å². The third-order valence-corrected chi connectivity index (χ3v) is 3.09. The van der Waals surface area contributed by atoms with E-state index in [2.05, 4.69) is 0 Å². The molecule has 0 radical (unpaired) electrons. The number of rotatable bonds is 4. The number of carbonyl (C=O) groups excluding carboxylic acids is 2. The molecule has 1 aromatic rings. The number of hydrogen-bond acceptors (Lipinski definition) is 7. The molecule has 0 spiro atoms. The van der Waals surface area contributed by atoms with E-state index in [4.69, 9.17) is 26.8 Å². The lowest BCUT2D eigenvalue weighted by atomic mass is 10.1. The summed E-state index contributed by atoms with van der Waals surface area (Å²) in [6.07, 6.45) is 1.14. The van der Waals surface area contributed by atoms with Gasteiger partial charge in [-0.05, 0) is 19.4 Å². The van der Waals surface area contributed by atoms with Gasteiger partial charge in [0.2, 0.25) is 11.6 Å². The summed E-state index contributed by atoms with van der Waals surface area (Å²) in [5.41, 5.74) is 10.4. The summed E-state index contributed by atoms with van der Waals surface area (Å²) < 4.78 is 0. The number of nitrogens with two attached hydrogens (primary N) is 2. The number of carbonyl (C=O) groups is 3. The van der Waals surface area contributed by atoms with Crippen molar-refractivity contribution in [2.24, 2.45) is 11.5 Å². The third kappa shape index (κ3) is 3.74. The van der Waals surface area contributed by atoms with Crippen LogP contribution in [0, 0.1) is 0 Å². The summed E-state index contributed by atoms with van der Waals surface area (Å²) >= 11 is 0. The van der Waals surface area contributed by atoms with Crippen molar-refractivity contribution in [3.8, 4) is 0 Å². The number of carboxylic acids is 1. The van der Waals surface area contributed by atoms with E-state index in [1.165, 1.54) is 12.1 Å². The van der Waals surface area contributed by atoms with Crippen LogP contribution in [0.3, 0.4) is 0 Å². The van der Waals surface area contributed by atoms with Crippen LogP contribution in [-0.2, 0) is 4.79 Å². The molecule has 22 heavy (non-hydrogen) atoms. The molecule has 8 heteroatoms. The van der Waals surface area contributed by atoms with Gasteiger partial charge >= 0.3 is 5.97 Å². The largest absolute Gasteiger partial charge is 0.480 e. The maximum Gasteiger partial charge on any atom is 0.320 e. The minimum atomic E-state index is -2.86. The highest BCUT2D eigenvalue weighted by atomic mass is 16.5. The first kappa shape index (κ1) is 17.9. The van der Waals surface area contributed by atoms with Crippen molar-refractivity contribution in [1.82, 2.24) is 0 Å². The average Bonchev–Trinajstić information content (AvgIpc) is 2.67. The van der Waals surface area contributed by atoms with Gasteiger partial charge in [0.25, 0.3) is 5.79 Å². The number of aliphatic carboxylic acids is 1. The number of ketones is 2. The summed E-state index contributed by atoms with van der Waals surface area (Å²) in [5.74, 6) is -5.71. The molecule has 1 unspecified atom stereocenters. The Bertz CT molecular complexity index is 547. The van der Waals surface area contributed by atoms with E-state index in [1.807, 2.05) is 0 Å². The predicted molar refractivity (Wildman–Crippen MR) is 76.2 cm³/mol. The Balaban J connectivity index is 0.000000239. The molecule has 0 bridgehead atoms. The SMILES string of the molecule is NCCCC(N)C(=O)O.O=C1c2ccccc2C(=O)C1(O)O. The zero-order valence-corrected chi connectivity index (χ0v) is 11.7. The number of aliphatic hydroxyl groups is 2. The molecule has 0 aromatic heterocycles. The van der Waals surface area contributed by atoms with Gasteiger partial charge in [0, 0.05) is 11.1 Å². The molecule has 1 atom stereocenters. The van der Waals surface area contributed by atoms with Crippen LogP contribution in [-0.4, -0.2) is 51.2 Å². The first-order valence-electron chi connectivity index (χ1n) is 6.55. The third-order valence-electron chi connectivity index (χ3n) is 3.09. The van der Waals surface area contributed by atoms with Crippen LogP contribution < -0.4 is 11.5 Å². The van der Waals surface area contributed by atoms with E-state index in [-0.39, 0.29) is 11.1 Å². The fraction of sp³-hybridized carbons (Fsp3) is 0.357. The van der Waals surface area contributed by atoms with Crippen LogP contribution in [0.1, 0.15) is 33.6 Å². The smallest absolute Gasteiger partial charge is 0.320 e. The normalized spacial score (nSPS) is 16.5. The van der Waals surface area contributed by atoms with Crippen molar-refractivity contribution in [3.05, 3.63) is 35.4 Å². The van der Waals surface area contributed by atoms with E-state index in [0.717, 1.165) is 0 Å². The molecule has 0 amide bonds. The van der Waals surface area contributed by atoms with E-state index < -0.39 is 29.4 Å². The number of hydrogen-bond donors (Lipinski definition) is 5. The van der Waals surface area contributed by atoms with E-state index in [0.29, 0.717) is 19.4 Å². The van der Waals surface area contributed by atoms with Crippen LogP contribution in [0.15, 0.2) is 24.3 Å². The van der Waals surface area contributed by atoms with Crippen LogP contribution in [0.4, 0.5) is 0 Å². The zero-order chi connectivity index (χ0) is 16.9. The number of carboxylic acid groups (broad SMARTS) is 1. The molecule has 8 nitrogen and oxygen atoms in total. The lowest BCUT2D eigenvalue weighted by molar-refractivity contribution is -0.138. The van der Waals surface area contributed by atoms with Gasteiger partial charge in [-0.2, -0.15) is 0 Å². The monoisotopic (exact) mass is 310 g/mol. The Labute approximate surface area is 126 Å². The Hall–Kier alpha value is -2.13. The van der Waals surface area contributed by atoms with E-state index >= 15 is 0 Å². The summed E-state index contributed by atoms with van der Waals surface area (Å²) in [4.78, 5) is 32.5. The first-order chi connectivity index (χ1) is 10.2. The summed E-state index contributed by atoms with van der Waals surface area (Å²) in [6, 6.07) is 5.16. The van der Waals surface area contributed by atoms with Crippen molar-refractivity contribution in [2.45, 2.75) is 24.7 Å². The Morgan fingerprint density at radius 2 is 1.59 bits per heavy atom. The van der Waals surface area contributed by atoms with Gasteiger partial charge in [0.05, 0.1) is 0 Å². The summed E-state index contributed by atoms with van der Waals surface area (Å²) in [5, 5.41) is 26.5. The van der Waals surface area contributed by atoms with Gasteiger partial charge in [0.1, 0.15) is 6.04 Å². The summed E-state index contributed by atoms with van der Waals surface area (Å²) in [7, 11) is 0. The molecule has 1 aliphatic carbocycles. The molecule has 120 valence electrons. The minimum absolute atomic E-state index is 0.0671. The van der Waals surface area contributed by atoms with E-state index in [9.17, 15) is 14.4 Å². The molecule has 0 fully saturated rings. The highest BCUT2D eigenvalue weighted by Gasteiger charge is 2.50. The lowest BCUT2D eigenvalue weighted by Gasteiger charge is -2.08. The summed E-state index contributed by atoms with van der Waals surface area (Å²) in [6.45, 7) is 0.501. The first-order valence-corrected chi connectivity index (χ1v) is 6.55. The Morgan fingerprint density at radius 1 is 1.14 bits per heavy atom. The van der Waals surface area contributed by atoms with Crippen LogP contribution in [0.2, 0.25) is 0 Å². The Kier molecular flexibility index (Phi) is 5.89. The van der Waals surface area contributed by atoms with Gasteiger partial charge < -0.3 is 26.8 Å². The van der Waals surface area contributed by atoms with Crippen LogP contribution in [0.5, 0.6) is 0 Å². The van der Waals surface area contributed by atoms with Crippen molar-refractivity contribution in [2.75, 3.05) is 6.54 Å². The number of benzene rings is 1. The predicted octanol–water partition coefficient (Wildman–Crippen LogP) is -1.12. The van der Waals surface area contributed by atoms with E-state index in [1.54, 1.807) is 12.1 Å². The Morgan fingerprint density at radius 3 is 1.95 bits per heavy atom. The molecule has 7 N–H and O–H groups in total. The topological polar surface area (TPSA) is 164 Å². The second-order valence-corrected chi connectivity index (χ2v) is 4.75. The zero-order valence-electron chi connectivity index (χ0n) is 11.7. The van der Waals surface area contributed by atoms with Gasteiger partial charge in [-0.1, -0.05) is 24.3 Å². The standard InChI is InChI=1S/C9H6O4.C5H12N2O2/c10-7-5-3-1-2-4-6(5)8(11)9(7,12)13;6-3-1-2-4(7)5(8)9/h1-4,12-13H;4H,1-3,6-7H2,(H,8,9). The van der Waals surface area contributed by atoms with Gasteiger partial charge in [-0.15, -0.1) is 0 Å². The van der Waals surface area contributed by atoms with Crippen molar-refractivity contribution < 1.29 is 29.7 Å². The maximum atomic E-state index is 11.2. The number of fused-ring (bicyclic) bond motifs is 1. The second-order valence-electron chi connectivity index (χ2n) is 4.75. The lowest BCUT2D eigenvalue weighted by Crippen LogP contribution is -2.40. The fourth-order valence-electron chi connectivity index (χ4n) is 1.82. The highest BCUT2D eigenvalue weighted by molar-refractivity contribution is 6.30. The molecular weight excluding hydrogens is 292 g/mol.